The number of benzene rings is 1. The number of piperazine rings is 1. The van der Waals surface area contributed by atoms with Crippen LogP contribution in [0.5, 0.6) is 0 Å². The number of nitrogens with zero attached hydrogens (tertiary/aromatic N) is 7. The Labute approximate surface area is 223 Å². The van der Waals surface area contributed by atoms with Gasteiger partial charge in [-0.25, -0.2) is 24.9 Å². The van der Waals surface area contributed by atoms with Gasteiger partial charge in [0, 0.05) is 62.3 Å². The molecule has 1 aliphatic heterocycles. The van der Waals surface area contributed by atoms with Gasteiger partial charge in [0.05, 0.1) is 0 Å². The summed E-state index contributed by atoms with van der Waals surface area (Å²) in [5.41, 5.74) is 3.31. The number of rotatable bonds is 7. The lowest BCUT2D eigenvalue weighted by Crippen LogP contribution is -2.50. The summed E-state index contributed by atoms with van der Waals surface area (Å²) in [4.78, 5) is 40.1. The highest BCUT2D eigenvalue weighted by Gasteiger charge is 2.23. The van der Waals surface area contributed by atoms with Crippen molar-refractivity contribution in [1.82, 2.24) is 34.7 Å². The predicted molar refractivity (Wildman–Crippen MR) is 147 cm³/mol. The molecule has 1 aromatic carbocycles. The Bertz CT molecular complexity index is 1420. The third kappa shape index (κ3) is 6.18. The summed E-state index contributed by atoms with van der Waals surface area (Å²) in [5.74, 6) is 2.52. The molecule has 0 unspecified atom stereocenters. The van der Waals surface area contributed by atoms with E-state index in [4.69, 9.17) is 0 Å². The Morgan fingerprint density at radius 1 is 0.895 bits per heavy atom. The second-order valence-electron chi connectivity index (χ2n) is 9.71. The molecular formula is C29H32N8O. The van der Waals surface area contributed by atoms with E-state index in [1.165, 1.54) is 0 Å². The van der Waals surface area contributed by atoms with Crippen molar-refractivity contribution >= 4 is 17.5 Å². The molecule has 0 radical (unpaired) electrons. The number of pyridine rings is 1. The predicted octanol–water partition coefficient (Wildman–Crippen LogP) is 4.14. The van der Waals surface area contributed by atoms with Crippen LogP contribution in [0.1, 0.15) is 41.3 Å². The Morgan fingerprint density at radius 2 is 1.63 bits per heavy atom. The minimum atomic E-state index is 0.0780. The van der Waals surface area contributed by atoms with Gasteiger partial charge in [0.1, 0.15) is 23.2 Å². The average molecular weight is 509 g/mol. The first kappa shape index (κ1) is 25.4. The van der Waals surface area contributed by atoms with Crippen LogP contribution in [0.3, 0.4) is 0 Å². The van der Waals surface area contributed by atoms with Gasteiger partial charge in [-0.15, -0.1) is 0 Å². The fourth-order valence-corrected chi connectivity index (χ4v) is 4.53. The van der Waals surface area contributed by atoms with Crippen LogP contribution in [0, 0.1) is 6.92 Å². The minimum Gasteiger partial charge on any atom is -0.336 e. The van der Waals surface area contributed by atoms with Crippen molar-refractivity contribution in [2.24, 2.45) is 0 Å². The number of nitrogens with one attached hydrogen (secondary N) is 1. The molecule has 1 aliphatic rings. The van der Waals surface area contributed by atoms with Crippen LogP contribution < -0.4 is 5.32 Å². The lowest BCUT2D eigenvalue weighted by atomic mass is 10.1. The van der Waals surface area contributed by atoms with Crippen LogP contribution >= 0.6 is 0 Å². The van der Waals surface area contributed by atoms with Crippen LogP contribution in [0.15, 0.2) is 67.0 Å². The molecule has 4 aromatic rings. The molecule has 0 saturated carbocycles. The van der Waals surface area contributed by atoms with Crippen molar-refractivity contribution in [2.75, 3.05) is 31.5 Å². The van der Waals surface area contributed by atoms with Crippen LogP contribution in [0.4, 0.5) is 11.6 Å². The second-order valence-corrected chi connectivity index (χ2v) is 9.71. The summed E-state index contributed by atoms with van der Waals surface area (Å²) in [5, 5.41) is 3.24. The fraction of sp³-hybridized carbons (Fsp3) is 0.310. The van der Waals surface area contributed by atoms with Crippen LogP contribution in [0.2, 0.25) is 0 Å². The standard InChI is InChI=1S/C29H32N8O/c1-20(2)36-14-16-37(17-15-36)29(38)23-8-5-7-22(18-23)19-27-30-12-10-25(34-27)33-26-11-13-31-28(35-26)24-9-4-6-21(3)32-24/h4-13,18,20H,14-17,19H2,1-3H3,(H,30,31,33,34,35). The van der Waals surface area contributed by atoms with Gasteiger partial charge in [-0.05, 0) is 62.7 Å². The molecule has 0 atom stereocenters. The first-order valence-electron chi connectivity index (χ1n) is 12.9. The highest BCUT2D eigenvalue weighted by molar-refractivity contribution is 5.94. The molecule has 5 rings (SSSR count). The van der Waals surface area contributed by atoms with E-state index in [0.29, 0.717) is 47.0 Å². The smallest absolute Gasteiger partial charge is 0.253 e. The summed E-state index contributed by atoms with van der Waals surface area (Å²) in [6, 6.07) is 17.6. The number of aromatic nitrogens is 5. The third-order valence-corrected chi connectivity index (χ3v) is 6.60. The number of amides is 1. The lowest BCUT2D eigenvalue weighted by Gasteiger charge is -2.37. The Hall–Kier alpha value is -4.24. The van der Waals surface area contributed by atoms with Crippen molar-refractivity contribution in [3.05, 3.63) is 89.6 Å². The first-order chi connectivity index (χ1) is 18.4. The van der Waals surface area contributed by atoms with Gasteiger partial charge in [0.15, 0.2) is 5.82 Å². The topological polar surface area (TPSA) is 100 Å². The molecule has 3 aromatic heterocycles. The third-order valence-electron chi connectivity index (χ3n) is 6.60. The molecule has 9 heteroatoms. The second kappa shape index (κ2) is 11.4. The number of anilines is 2. The van der Waals surface area contributed by atoms with Gasteiger partial charge < -0.3 is 10.2 Å². The van der Waals surface area contributed by atoms with Crippen LogP contribution in [-0.4, -0.2) is 72.8 Å². The van der Waals surface area contributed by atoms with Gasteiger partial charge in [0.2, 0.25) is 0 Å². The van der Waals surface area contributed by atoms with Gasteiger partial charge in [-0.1, -0.05) is 18.2 Å². The minimum absolute atomic E-state index is 0.0780. The molecule has 38 heavy (non-hydrogen) atoms. The number of aryl methyl sites for hydroxylation is 1. The maximum atomic E-state index is 13.1. The zero-order valence-electron chi connectivity index (χ0n) is 22.0. The van der Waals surface area contributed by atoms with E-state index >= 15 is 0 Å². The van der Waals surface area contributed by atoms with Crippen molar-refractivity contribution in [2.45, 2.75) is 33.2 Å². The summed E-state index contributed by atoms with van der Waals surface area (Å²) < 4.78 is 0. The molecule has 1 N–H and O–H groups in total. The molecule has 194 valence electrons. The largest absolute Gasteiger partial charge is 0.336 e. The molecule has 1 saturated heterocycles. The number of carbonyl (C=O) groups excluding carboxylic acids is 1. The van der Waals surface area contributed by atoms with Gasteiger partial charge in [-0.2, -0.15) is 0 Å². The van der Waals surface area contributed by atoms with Crippen LogP contribution in [-0.2, 0) is 6.42 Å². The lowest BCUT2D eigenvalue weighted by molar-refractivity contribution is 0.0595. The molecule has 1 fully saturated rings. The molecule has 0 aliphatic carbocycles. The summed E-state index contributed by atoms with van der Waals surface area (Å²) in [6.45, 7) is 9.65. The first-order valence-corrected chi connectivity index (χ1v) is 12.9. The van der Waals surface area contributed by atoms with E-state index in [2.05, 4.69) is 49.0 Å². The zero-order chi connectivity index (χ0) is 26.5. The molecule has 1 amide bonds. The zero-order valence-corrected chi connectivity index (χ0v) is 22.0. The van der Waals surface area contributed by atoms with Crippen molar-refractivity contribution in [1.29, 1.82) is 0 Å². The quantitative estimate of drug-likeness (QED) is 0.398. The Balaban J connectivity index is 1.26. The molecule has 0 bridgehead atoms. The Morgan fingerprint density at radius 3 is 2.39 bits per heavy atom. The van der Waals surface area contributed by atoms with Gasteiger partial charge in [-0.3, -0.25) is 9.69 Å². The normalized spacial score (nSPS) is 14.1. The molecule has 9 nitrogen and oxygen atoms in total. The molecule has 4 heterocycles. The van der Waals surface area contributed by atoms with Gasteiger partial charge >= 0.3 is 0 Å². The van der Waals surface area contributed by atoms with E-state index in [9.17, 15) is 4.79 Å². The monoisotopic (exact) mass is 508 g/mol. The highest BCUT2D eigenvalue weighted by atomic mass is 16.2. The highest BCUT2D eigenvalue weighted by Crippen LogP contribution is 2.18. The van der Waals surface area contributed by atoms with E-state index in [-0.39, 0.29) is 5.91 Å². The van der Waals surface area contributed by atoms with E-state index in [1.807, 2.05) is 54.3 Å². The Kier molecular flexibility index (Phi) is 7.65. The summed E-state index contributed by atoms with van der Waals surface area (Å²) >= 11 is 0. The van der Waals surface area contributed by atoms with E-state index < -0.39 is 0 Å². The van der Waals surface area contributed by atoms with E-state index in [0.717, 1.165) is 37.4 Å². The van der Waals surface area contributed by atoms with Crippen LogP contribution in [0.25, 0.3) is 11.5 Å². The van der Waals surface area contributed by atoms with Crippen molar-refractivity contribution in [3.8, 4) is 11.5 Å². The van der Waals surface area contributed by atoms with Gasteiger partial charge in [0.25, 0.3) is 5.91 Å². The molecular weight excluding hydrogens is 476 g/mol. The summed E-state index contributed by atoms with van der Waals surface area (Å²) in [7, 11) is 0. The maximum absolute atomic E-state index is 13.1. The maximum Gasteiger partial charge on any atom is 0.253 e. The molecule has 0 spiro atoms. The SMILES string of the molecule is Cc1cccc(-c2nccc(Nc3ccnc(Cc4cccc(C(=O)N5CCN(C(C)C)CC5)c4)n3)n2)n1. The number of carbonyl (C=O) groups is 1. The number of hydrogen-bond donors (Lipinski definition) is 1. The fourth-order valence-electron chi connectivity index (χ4n) is 4.53. The van der Waals surface area contributed by atoms with E-state index in [1.54, 1.807) is 24.5 Å². The number of hydrogen-bond acceptors (Lipinski definition) is 8. The van der Waals surface area contributed by atoms with Crippen molar-refractivity contribution < 1.29 is 4.79 Å². The average Bonchev–Trinajstić information content (AvgIpc) is 2.93. The summed E-state index contributed by atoms with van der Waals surface area (Å²) in [6.07, 6.45) is 3.93. The van der Waals surface area contributed by atoms with Crippen molar-refractivity contribution in [3.63, 3.8) is 0 Å².